The van der Waals surface area contributed by atoms with Gasteiger partial charge < -0.3 is 9.84 Å². The number of benzene rings is 1. The first-order valence-corrected chi connectivity index (χ1v) is 5.26. The molecular weight excluding hydrogens is 204 g/mol. The molecule has 0 atom stereocenters. The molecule has 3 heteroatoms. The Morgan fingerprint density at radius 1 is 1.31 bits per heavy atom. The van der Waals surface area contributed by atoms with Crippen LogP contribution in [0.4, 0.5) is 0 Å². The number of aliphatic carboxylic acids is 1. The molecule has 1 N–H and O–H groups in total. The highest BCUT2D eigenvalue weighted by molar-refractivity contribution is 5.74. The number of carbonyl (C=O) groups is 1. The number of hydrogen-bond acceptors (Lipinski definition) is 2. The molecule has 3 nitrogen and oxygen atoms in total. The highest BCUT2D eigenvalue weighted by Gasteiger charge is 2.28. The van der Waals surface area contributed by atoms with Crippen molar-refractivity contribution in [3.63, 3.8) is 0 Å². The van der Waals surface area contributed by atoms with Gasteiger partial charge in [-0.25, -0.2) is 0 Å². The minimum Gasteiger partial charge on any atom is -0.481 e. The van der Waals surface area contributed by atoms with Crippen molar-refractivity contribution in [1.29, 1.82) is 0 Å². The van der Waals surface area contributed by atoms with E-state index in [0.717, 1.165) is 11.1 Å². The van der Waals surface area contributed by atoms with Crippen molar-refractivity contribution in [2.24, 2.45) is 5.41 Å². The first kappa shape index (κ1) is 12.7. The van der Waals surface area contributed by atoms with Crippen LogP contribution in [0.15, 0.2) is 24.3 Å². The maximum Gasteiger partial charge on any atom is 0.309 e. The van der Waals surface area contributed by atoms with E-state index in [1.807, 2.05) is 24.3 Å². The van der Waals surface area contributed by atoms with E-state index in [0.29, 0.717) is 13.0 Å². The van der Waals surface area contributed by atoms with Crippen molar-refractivity contribution in [3.05, 3.63) is 35.4 Å². The van der Waals surface area contributed by atoms with Crippen molar-refractivity contribution >= 4 is 5.97 Å². The van der Waals surface area contributed by atoms with Gasteiger partial charge in [0, 0.05) is 7.11 Å². The minimum absolute atomic E-state index is 0.516. The Labute approximate surface area is 96.1 Å². The predicted octanol–water partition coefficient (Wildman–Crippen LogP) is 2.49. The van der Waals surface area contributed by atoms with E-state index >= 15 is 0 Å². The van der Waals surface area contributed by atoms with Crippen LogP contribution in [0.1, 0.15) is 25.0 Å². The lowest BCUT2D eigenvalue weighted by atomic mass is 9.84. The van der Waals surface area contributed by atoms with Gasteiger partial charge in [0.05, 0.1) is 12.0 Å². The second-order valence-corrected chi connectivity index (χ2v) is 4.57. The monoisotopic (exact) mass is 222 g/mol. The summed E-state index contributed by atoms with van der Waals surface area (Å²) in [5.41, 5.74) is 1.35. The van der Waals surface area contributed by atoms with E-state index < -0.39 is 11.4 Å². The molecule has 1 rings (SSSR count). The molecule has 0 aliphatic carbocycles. The molecule has 0 fully saturated rings. The molecular formula is C13H18O3. The number of hydrogen-bond donors (Lipinski definition) is 1. The Morgan fingerprint density at radius 2 is 1.88 bits per heavy atom. The lowest BCUT2D eigenvalue weighted by molar-refractivity contribution is -0.146. The minimum atomic E-state index is -0.778. The van der Waals surface area contributed by atoms with Crippen LogP contribution in [-0.2, 0) is 22.6 Å². The molecule has 0 radical (unpaired) electrons. The molecule has 0 saturated heterocycles. The summed E-state index contributed by atoms with van der Waals surface area (Å²) in [7, 11) is 1.64. The molecule has 0 aliphatic rings. The Morgan fingerprint density at radius 3 is 2.38 bits per heavy atom. The van der Waals surface area contributed by atoms with Crippen LogP contribution in [-0.4, -0.2) is 18.2 Å². The van der Waals surface area contributed by atoms with Crippen LogP contribution in [0.25, 0.3) is 0 Å². The number of carboxylic acid groups (broad SMARTS) is 1. The van der Waals surface area contributed by atoms with Gasteiger partial charge in [-0.15, -0.1) is 0 Å². The van der Waals surface area contributed by atoms with Crippen LogP contribution >= 0.6 is 0 Å². The first-order chi connectivity index (χ1) is 7.47. The summed E-state index contributed by atoms with van der Waals surface area (Å²) < 4.78 is 5.10. The maximum atomic E-state index is 11.1. The molecule has 0 amide bonds. The van der Waals surface area contributed by atoms with Gasteiger partial charge in [0.1, 0.15) is 0 Å². The lowest BCUT2D eigenvalue weighted by Gasteiger charge is -2.20. The molecule has 0 bridgehead atoms. The van der Waals surface area contributed by atoms with E-state index in [1.54, 1.807) is 21.0 Å². The van der Waals surface area contributed by atoms with Crippen LogP contribution in [0.2, 0.25) is 0 Å². The molecule has 1 aromatic rings. The van der Waals surface area contributed by atoms with E-state index in [1.165, 1.54) is 0 Å². The van der Waals surface area contributed by atoms with Crippen LogP contribution < -0.4 is 0 Å². The van der Waals surface area contributed by atoms with Crippen LogP contribution in [0, 0.1) is 5.41 Å². The van der Waals surface area contributed by atoms with E-state index in [4.69, 9.17) is 9.84 Å². The first-order valence-electron chi connectivity index (χ1n) is 5.26. The van der Waals surface area contributed by atoms with Gasteiger partial charge in [-0.3, -0.25) is 4.79 Å². The zero-order valence-corrected chi connectivity index (χ0v) is 9.99. The van der Waals surface area contributed by atoms with Crippen molar-refractivity contribution in [2.45, 2.75) is 26.9 Å². The topological polar surface area (TPSA) is 46.5 Å². The van der Waals surface area contributed by atoms with Gasteiger partial charge in [-0.2, -0.15) is 0 Å². The Bertz CT molecular complexity index is 369. The standard InChI is InChI=1S/C13H18O3/c1-13(2,12(14)15)8-10-6-4-5-7-11(10)9-16-3/h4-7H,8-9H2,1-3H3,(H,14,15). The fraction of sp³-hybridized carbons (Fsp3) is 0.462. The fourth-order valence-corrected chi connectivity index (χ4v) is 1.58. The molecule has 1 aromatic carbocycles. The van der Waals surface area contributed by atoms with Gasteiger partial charge in [-0.05, 0) is 31.4 Å². The zero-order valence-electron chi connectivity index (χ0n) is 9.99. The van der Waals surface area contributed by atoms with Gasteiger partial charge in [-0.1, -0.05) is 24.3 Å². The second-order valence-electron chi connectivity index (χ2n) is 4.57. The maximum absolute atomic E-state index is 11.1. The zero-order chi connectivity index (χ0) is 12.2. The number of carboxylic acids is 1. The average Bonchev–Trinajstić information content (AvgIpc) is 2.20. The Hall–Kier alpha value is -1.35. The Balaban J connectivity index is 2.92. The number of rotatable bonds is 5. The number of ether oxygens (including phenoxy) is 1. The third-order valence-corrected chi connectivity index (χ3v) is 2.63. The van der Waals surface area contributed by atoms with Crippen molar-refractivity contribution in [2.75, 3.05) is 7.11 Å². The summed E-state index contributed by atoms with van der Waals surface area (Å²) in [6, 6.07) is 7.79. The number of methoxy groups -OCH3 is 1. The second kappa shape index (κ2) is 5.12. The largest absolute Gasteiger partial charge is 0.481 e. The summed E-state index contributed by atoms with van der Waals surface area (Å²) >= 11 is 0. The Kier molecular flexibility index (Phi) is 4.07. The van der Waals surface area contributed by atoms with Crippen molar-refractivity contribution in [3.8, 4) is 0 Å². The third kappa shape index (κ3) is 3.07. The van der Waals surface area contributed by atoms with E-state index in [2.05, 4.69) is 0 Å². The normalized spacial score (nSPS) is 11.4. The predicted molar refractivity (Wildman–Crippen MR) is 62.3 cm³/mol. The quantitative estimate of drug-likeness (QED) is 0.832. The molecule has 0 saturated carbocycles. The molecule has 16 heavy (non-hydrogen) atoms. The third-order valence-electron chi connectivity index (χ3n) is 2.63. The van der Waals surface area contributed by atoms with E-state index in [9.17, 15) is 4.79 Å². The summed E-state index contributed by atoms with van der Waals surface area (Å²) in [6.45, 7) is 3.99. The summed E-state index contributed by atoms with van der Waals surface area (Å²) in [6.07, 6.45) is 0.516. The van der Waals surface area contributed by atoms with Gasteiger partial charge in [0.15, 0.2) is 0 Å². The summed E-state index contributed by atoms with van der Waals surface area (Å²) in [5, 5.41) is 9.09. The molecule has 0 heterocycles. The summed E-state index contributed by atoms with van der Waals surface area (Å²) in [5.74, 6) is -0.778. The molecule has 0 aliphatic heterocycles. The summed E-state index contributed by atoms with van der Waals surface area (Å²) in [4.78, 5) is 11.1. The van der Waals surface area contributed by atoms with Crippen molar-refractivity contribution < 1.29 is 14.6 Å². The van der Waals surface area contributed by atoms with Gasteiger partial charge >= 0.3 is 5.97 Å². The van der Waals surface area contributed by atoms with Gasteiger partial charge in [0.25, 0.3) is 0 Å². The average molecular weight is 222 g/mol. The fourth-order valence-electron chi connectivity index (χ4n) is 1.58. The molecule has 0 unspecified atom stereocenters. The molecule has 0 aromatic heterocycles. The highest BCUT2D eigenvalue weighted by Crippen LogP contribution is 2.24. The van der Waals surface area contributed by atoms with Crippen molar-refractivity contribution in [1.82, 2.24) is 0 Å². The van der Waals surface area contributed by atoms with Gasteiger partial charge in [0.2, 0.25) is 0 Å². The molecule has 0 spiro atoms. The SMILES string of the molecule is COCc1ccccc1CC(C)(C)C(=O)O. The van der Waals surface area contributed by atoms with E-state index in [-0.39, 0.29) is 0 Å². The lowest BCUT2D eigenvalue weighted by Crippen LogP contribution is -2.26. The highest BCUT2D eigenvalue weighted by atomic mass is 16.5. The molecule has 88 valence electrons. The smallest absolute Gasteiger partial charge is 0.309 e. The van der Waals surface area contributed by atoms with Crippen LogP contribution in [0.3, 0.4) is 0 Å². The van der Waals surface area contributed by atoms with Crippen LogP contribution in [0.5, 0.6) is 0 Å².